The van der Waals surface area contributed by atoms with Crippen molar-refractivity contribution in [3.8, 4) is 0 Å². The highest BCUT2D eigenvalue weighted by Gasteiger charge is 2.09. The van der Waals surface area contributed by atoms with E-state index in [4.69, 9.17) is 23.2 Å². The Bertz CT molecular complexity index is 278. The number of benzene rings is 1. The summed E-state index contributed by atoms with van der Waals surface area (Å²) in [5.41, 5.74) is 0.693. The van der Waals surface area contributed by atoms with Crippen LogP contribution in [0.1, 0.15) is 11.7 Å². The van der Waals surface area contributed by atoms with E-state index in [-0.39, 0.29) is 0 Å². The van der Waals surface area contributed by atoms with E-state index in [1.807, 2.05) is 0 Å². The van der Waals surface area contributed by atoms with Crippen LogP contribution in [0.15, 0.2) is 18.2 Å². The first-order chi connectivity index (χ1) is 5.65. The number of halogens is 3. The Morgan fingerprint density at radius 3 is 2.58 bits per heavy atom. The van der Waals surface area contributed by atoms with Crippen LogP contribution in [0.4, 0.5) is 0 Å². The summed E-state index contributed by atoms with van der Waals surface area (Å²) in [6.07, 6.45) is -0.574. The van der Waals surface area contributed by atoms with Gasteiger partial charge in [-0.3, -0.25) is 0 Å². The Kier molecular flexibility index (Phi) is 3.84. The first-order valence-corrected chi connectivity index (χ1v) is 5.22. The largest absolute Gasteiger partial charge is 0.387 e. The molecule has 0 bridgehead atoms. The van der Waals surface area contributed by atoms with Gasteiger partial charge in [-0.25, -0.2) is 0 Å². The van der Waals surface area contributed by atoms with Gasteiger partial charge in [-0.1, -0.05) is 45.2 Å². The molecule has 0 saturated heterocycles. The summed E-state index contributed by atoms with van der Waals surface area (Å²) in [4.78, 5) is 0. The van der Waals surface area contributed by atoms with E-state index in [0.717, 1.165) is 0 Å². The Balaban J connectivity index is 3.01. The Morgan fingerprint density at radius 1 is 1.42 bits per heavy atom. The van der Waals surface area contributed by atoms with Crippen molar-refractivity contribution in [2.45, 2.75) is 6.10 Å². The number of rotatable bonds is 2. The van der Waals surface area contributed by atoms with Crippen molar-refractivity contribution in [2.24, 2.45) is 0 Å². The third kappa shape index (κ3) is 2.36. The Hall–Kier alpha value is 0.240. The SMILES string of the molecule is O[C@@H](CBr)c1ccc(Cl)cc1Cl. The first kappa shape index (κ1) is 10.3. The maximum absolute atomic E-state index is 9.43. The quantitative estimate of drug-likeness (QED) is 0.816. The second-order valence-corrected chi connectivity index (χ2v) is 3.83. The van der Waals surface area contributed by atoms with Crippen molar-refractivity contribution >= 4 is 39.1 Å². The van der Waals surface area contributed by atoms with Gasteiger partial charge in [-0.05, 0) is 12.1 Å². The molecular weight excluding hydrogens is 263 g/mol. The molecule has 0 fully saturated rings. The Labute approximate surface area is 89.4 Å². The second kappa shape index (κ2) is 4.47. The van der Waals surface area contributed by atoms with Crippen LogP contribution in [0, 0.1) is 0 Å². The molecule has 0 unspecified atom stereocenters. The normalized spacial score (nSPS) is 13.0. The minimum absolute atomic E-state index is 0.467. The smallest absolute Gasteiger partial charge is 0.0901 e. The molecule has 12 heavy (non-hydrogen) atoms. The molecule has 66 valence electrons. The van der Waals surface area contributed by atoms with Gasteiger partial charge in [0.15, 0.2) is 0 Å². The zero-order valence-corrected chi connectivity index (χ0v) is 9.20. The highest BCUT2D eigenvalue weighted by Crippen LogP contribution is 2.26. The van der Waals surface area contributed by atoms with Gasteiger partial charge >= 0.3 is 0 Å². The lowest BCUT2D eigenvalue weighted by Crippen LogP contribution is -1.98. The second-order valence-electron chi connectivity index (χ2n) is 2.34. The lowest BCUT2D eigenvalue weighted by Gasteiger charge is -2.08. The monoisotopic (exact) mass is 268 g/mol. The number of hydrogen-bond acceptors (Lipinski definition) is 1. The van der Waals surface area contributed by atoms with E-state index < -0.39 is 6.10 Å². The van der Waals surface area contributed by atoms with Crippen LogP contribution in [-0.2, 0) is 0 Å². The highest BCUT2D eigenvalue weighted by molar-refractivity contribution is 9.09. The zero-order chi connectivity index (χ0) is 9.14. The standard InChI is InChI=1S/C8H7BrCl2O/c9-4-8(12)6-2-1-5(10)3-7(6)11/h1-3,8,12H,4H2/t8-/m0/s1. The van der Waals surface area contributed by atoms with E-state index in [2.05, 4.69) is 15.9 Å². The molecular formula is C8H7BrCl2O. The van der Waals surface area contributed by atoms with Crippen LogP contribution in [0.3, 0.4) is 0 Å². The van der Waals surface area contributed by atoms with Crippen molar-refractivity contribution in [3.05, 3.63) is 33.8 Å². The molecule has 0 saturated carbocycles. The van der Waals surface area contributed by atoms with Crippen molar-refractivity contribution in [1.82, 2.24) is 0 Å². The van der Waals surface area contributed by atoms with Gasteiger partial charge in [0.25, 0.3) is 0 Å². The van der Waals surface area contributed by atoms with E-state index in [1.165, 1.54) is 0 Å². The number of aliphatic hydroxyl groups is 1. The van der Waals surface area contributed by atoms with Crippen LogP contribution in [0.25, 0.3) is 0 Å². The predicted molar refractivity (Wildman–Crippen MR) is 55.2 cm³/mol. The lowest BCUT2D eigenvalue weighted by molar-refractivity contribution is 0.205. The molecule has 0 aliphatic rings. The maximum Gasteiger partial charge on any atom is 0.0901 e. The zero-order valence-electron chi connectivity index (χ0n) is 6.10. The molecule has 0 radical (unpaired) electrons. The maximum atomic E-state index is 9.43. The molecule has 1 atom stereocenters. The van der Waals surface area contributed by atoms with Gasteiger partial charge in [0.1, 0.15) is 0 Å². The van der Waals surface area contributed by atoms with E-state index >= 15 is 0 Å². The van der Waals surface area contributed by atoms with E-state index in [1.54, 1.807) is 18.2 Å². The van der Waals surface area contributed by atoms with Gasteiger partial charge in [0.05, 0.1) is 6.10 Å². The third-order valence-corrected chi connectivity index (χ3v) is 2.64. The average Bonchev–Trinajstić information content (AvgIpc) is 2.03. The highest BCUT2D eigenvalue weighted by atomic mass is 79.9. The fraction of sp³-hybridized carbons (Fsp3) is 0.250. The fourth-order valence-corrected chi connectivity index (χ4v) is 1.74. The van der Waals surface area contributed by atoms with Crippen molar-refractivity contribution in [1.29, 1.82) is 0 Å². The predicted octanol–water partition coefficient (Wildman–Crippen LogP) is 3.42. The Morgan fingerprint density at radius 2 is 2.08 bits per heavy atom. The molecule has 1 aromatic carbocycles. The van der Waals surface area contributed by atoms with Gasteiger partial charge < -0.3 is 5.11 Å². The van der Waals surface area contributed by atoms with Crippen LogP contribution >= 0.6 is 39.1 Å². The third-order valence-electron chi connectivity index (χ3n) is 1.47. The van der Waals surface area contributed by atoms with Crippen molar-refractivity contribution in [3.63, 3.8) is 0 Å². The van der Waals surface area contributed by atoms with Gasteiger partial charge in [0, 0.05) is 20.9 Å². The molecule has 0 aromatic heterocycles. The molecule has 0 heterocycles. The number of aliphatic hydroxyl groups excluding tert-OH is 1. The molecule has 0 aliphatic heterocycles. The minimum atomic E-state index is -0.574. The van der Waals surface area contributed by atoms with Crippen LogP contribution in [0.5, 0.6) is 0 Å². The molecule has 1 nitrogen and oxygen atoms in total. The molecule has 0 aliphatic carbocycles. The average molecular weight is 270 g/mol. The van der Waals surface area contributed by atoms with Crippen LogP contribution < -0.4 is 0 Å². The summed E-state index contributed by atoms with van der Waals surface area (Å²) in [5, 5.41) is 11.0. The summed E-state index contributed by atoms with van der Waals surface area (Å²) < 4.78 is 0. The summed E-state index contributed by atoms with van der Waals surface area (Å²) >= 11 is 14.7. The summed E-state index contributed by atoms with van der Waals surface area (Å²) in [6, 6.07) is 5.04. The fourth-order valence-electron chi connectivity index (χ4n) is 0.855. The number of hydrogen-bond donors (Lipinski definition) is 1. The van der Waals surface area contributed by atoms with Gasteiger partial charge in [-0.2, -0.15) is 0 Å². The minimum Gasteiger partial charge on any atom is -0.387 e. The molecule has 0 amide bonds. The summed E-state index contributed by atoms with van der Waals surface area (Å²) in [7, 11) is 0. The molecule has 4 heteroatoms. The molecule has 0 spiro atoms. The van der Waals surface area contributed by atoms with E-state index in [9.17, 15) is 5.11 Å². The van der Waals surface area contributed by atoms with Gasteiger partial charge in [-0.15, -0.1) is 0 Å². The van der Waals surface area contributed by atoms with E-state index in [0.29, 0.717) is 20.9 Å². The number of alkyl halides is 1. The lowest BCUT2D eigenvalue weighted by atomic mass is 10.1. The molecule has 1 N–H and O–H groups in total. The topological polar surface area (TPSA) is 20.2 Å². The van der Waals surface area contributed by atoms with Crippen molar-refractivity contribution in [2.75, 3.05) is 5.33 Å². The molecule has 1 aromatic rings. The summed E-state index contributed by atoms with van der Waals surface area (Å²) in [6.45, 7) is 0. The first-order valence-electron chi connectivity index (χ1n) is 3.34. The van der Waals surface area contributed by atoms with Crippen LogP contribution in [0.2, 0.25) is 10.0 Å². The van der Waals surface area contributed by atoms with Crippen LogP contribution in [-0.4, -0.2) is 10.4 Å². The van der Waals surface area contributed by atoms with Gasteiger partial charge in [0.2, 0.25) is 0 Å². The molecule has 1 rings (SSSR count). The van der Waals surface area contributed by atoms with Crippen molar-refractivity contribution < 1.29 is 5.11 Å². The summed E-state index contributed by atoms with van der Waals surface area (Å²) in [5.74, 6) is 0.